The fourth-order valence-electron chi connectivity index (χ4n) is 4.91. The SMILES string of the molecule is CCCCc1nc(=O)c(S(=O)(=O)c2ccc(-c3ccc(F)cc3C(N)=O)cc2)c(O)n1[C@@H](CC)c1cccc(C#N)c1. The van der Waals surface area contributed by atoms with Crippen molar-refractivity contribution >= 4 is 15.7 Å². The lowest BCUT2D eigenvalue weighted by molar-refractivity contribution is 0.100. The summed E-state index contributed by atoms with van der Waals surface area (Å²) in [6.07, 6.45) is 2.14. The second kappa shape index (κ2) is 12.4. The zero-order valence-corrected chi connectivity index (χ0v) is 23.9. The molecule has 1 heterocycles. The molecule has 0 saturated carbocycles. The van der Waals surface area contributed by atoms with Crippen LogP contribution < -0.4 is 11.3 Å². The Hall–Kier alpha value is -4.82. The molecule has 3 N–H and O–H groups in total. The van der Waals surface area contributed by atoms with E-state index in [4.69, 9.17) is 5.73 Å². The van der Waals surface area contributed by atoms with Crippen molar-refractivity contribution in [3.05, 3.63) is 105 Å². The van der Waals surface area contributed by atoms with Crippen LogP contribution in [0.5, 0.6) is 5.88 Å². The normalized spacial score (nSPS) is 12.0. The van der Waals surface area contributed by atoms with Crippen LogP contribution in [0, 0.1) is 17.1 Å². The van der Waals surface area contributed by atoms with Crippen LogP contribution in [0.25, 0.3) is 11.1 Å². The maximum atomic E-state index is 13.8. The van der Waals surface area contributed by atoms with Crippen LogP contribution in [0.3, 0.4) is 0 Å². The predicted octanol–water partition coefficient (Wildman–Crippen LogP) is 4.90. The number of carbonyl (C=O) groups is 1. The molecule has 11 heteroatoms. The highest BCUT2D eigenvalue weighted by Crippen LogP contribution is 2.34. The predicted molar refractivity (Wildman–Crippen MR) is 154 cm³/mol. The van der Waals surface area contributed by atoms with Crippen molar-refractivity contribution in [3.63, 3.8) is 0 Å². The molecule has 0 aliphatic heterocycles. The third-order valence-corrected chi connectivity index (χ3v) is 8.77. The third-order valence-electron chi connectivity index (χ3n) is 6.98. The Morgan fingerprint density at radius 1 is 1.12 bits per heavy atom. The van der Waals surface area contributed by atoms with Crippen molar-refractivity contribution in [2.45, 2.75) is 55.4 Å². The van der Waals surface area contributed by atoms with Crippen molar-refractivity contribution < 1.29 is 22.7 Å². The zero-order valence-electron chi connectivity index (χ0n) is 23.0. The number of nitrogens with zero attached hydrogens (tertiary/aromatic N) is 3. The lowest BCUT2D eigenvalue weighted by Gasteiger charge is -2.25. The third kappa shape index (κ3) is 5.80. The Kier molecular flexibility index (Phi) is 8.87. The van der Waals surface area contributed by atoms with E-state index in [2.05, 4.69) is 11.1 Å². The van der Waals surface area contributed by atoms with Gasteiger partial charge in [-0.25, -0.2) is 12.8 Å². The van der Waals surface area contributed by atoms with E-state index in [-0.39, 0.29) is 16.3 Å². The van der Waals surface area contributed by atoms with E-state index in [1.54, 1.807) is 24.3 Å². The van der Waals surface area contributed by atoms with Crippen molar-refractivity contribution in [1.29, 1.82) is 5.26 Å². The summed E-state index contributed by atoms with van der Waals surface area (Å²) in [6.45, 7) is 3.80. The summed E-state index contributed by atoms with van der Waals surface area (Å²) < 4.78 is 42.6. The molecule has 4 aromatic rings. The summed E-state index contributed by atoms with van der Waals surface area (Å²) in [5.41, 5.74) is 5.95. The number of carbonyl (C=O) groups excluding carboxylic acids is 1. The van der Waals surface area contributed by atoms with Crippen molar-refractivity contribution in [1.82, 2.24) is 9.55 Å². The highest BCUT2D eigenvalue weighted by molar-refractivity contribution is 7.91. The Morgan fingerprint density at radius 2 is 1.83 bits per heavy atom. The Labute approximate surface area is 242 Å². The monoisotopic (exact) mass is 588 g/mol. The first-order valence-electron chi connectivity index (χ1n) is 13.3. The van der Waals surface area contributed by atoms with Gasteiger partial charge in [0.15, 0.2) is 4.90 Å². The highest BCUT2D eigenvalue weighted by atomic mass is 32.2. The molecule has 1 atom stereocenters. The molecule has 3 aromatic carbocycles. The van der Waals surface area contributed by atoms with Gasteiger partial charge >= 0.3 is 0 Å². The van der Waals surface area contributed by atoms with Gasteiger partial charge < -0.3 is 10.8 Å². The van der Waals surface area contributed by atoms with Gasteiger partial charge in [0.2, 0.25) is 21.6 Å². The standard InChI is InChI=1S/C31H29FN4O5S/c1-3-5-9-27-35-30(38)28(31(39)36(27)26(4-2)21-8-6-7-19(16-21)18-33)42(40,41)23-13-10-20(11-14-23)24-15-12-22(32)17-25(24)29(34)37/h6-8,10-17,26,39H,3-5,9H2,1-2H3,(H2,34,37)/t26-/m0/s1. The first-order valence-corrected chi connectivity index (χ1v) is 14.8. The van der Waals surface area contributed by atoms with E-state index >= 15 is 0 Å². The summed E-state index contributed by atoms with van der Waals surface area (Å²) in [6, 6.07) is 16.9. The van der Waals surface area contributed by atoms with Crippen LogP contribution in [0.2, 0.25) is 0 Å². The number of aromatic nitrogens is 2. The average molecular weight is 589 g/mol. The number of rotatable bonds is 10. The fraction of sp³-hybridized carbons (Fsp3) is 0.226. The molecule has 1 amide bonds. The van der Waals surface area contributed by atoms with Gasteiger partial charge in [-0.1, -0.05) is 50.6 Å². The van der Waals surface area contributed by atoms with Crippen LogP contribution >= 0.6 is 0 Å². The first-order chi connectivity index (χ1) is 20.0. The summed E-state index contributed by atoms with van der Waals surface area (Å²) in [5, 5.41) is 20.9. The largest absolute Gasteiger partial charge is 0.493 e. The Bertz CT molecular complexity index is 1860. The highest BCUT2D eigenvalue weighted by Gasteiger charge is 2.32. The molecule has 0 aliphatic carbocycles. The minimum atomic E-state index is -4.58. The molecule has 0 unspecified atom stereocenters. The number of hydrogen-bond donors (Lipinski definition) is 2. The van der Waals surface area contributed by atoms with Crippen LogP contribution in [0.15, 0.2) is 81.3 Å². The number of sulfone groups is 1. The van der Waals surface area contributed by atoms with E-state index in [1.807, 2.05) is 13.8 Å². The number of unbranched alkanes of at least 4 members (excludes halogenated alkanes) is 1. The number of halogens is 1. The van der Waals surface area contributed by atoms with Gasteiger partial charge in [-0.2, -0.15) is 10.2 Å². The Morgan fingerprint density at radius 3 is 2.45 bits per heavy atom. The Balaban J connectivity index is 1.87. The number of nitriles is 1. The molecule has 0 radical (unpaired) electrons. The molecule has 0 fully saturated rings. The van der Waals surface area contributed by atoms with E-state index < -0.39 is 43.9 Å². The molecule has 216 valence electrons. The molecule has 0 aliphatic rings. The smallest absolute Gasteiger partial charge is 0.296 e. The number of benzene rings is 3. The average Bonchev–Trinajstić information content (AvgIpc) is 2.97. The molecule has 4 rings (SSSR count). The van der Waals surface area contributed by atoms with Crippen molar-refractivity contribution in [3.8, 4) is 23.1 Å². The fourth-order valence-corrected chi connectivity index (χ4v) is 6.25. The number of primary amides is 1. The van der Waals surface area contributed by atoms with Crippen LogP contribution in [-0.2, 0) is 16.3 Å². The minimum Gasteiger partial charge on any atom is -0.493 e. The minimum absolute atomic E-state index is 0.0796. The second-order valence-electron chi connectivity index (χ2n) is 9.70. The number of aromatic hydroxyl groups is 1. The van der Waals surface area contributed by atoms with Crippen molar-refractivity contribution in [2.75, 3.05) is 0 Å². The van der Waals surface area contributed by atoms with E-state index in [0.29, 0.717) is 41.5 Å². The first kappa shape index (κ1) is 30.1. The molecular formula is C31H29FN4O5S. The summed E-state index contributed by atoms with van der Waals surface area (Å²) in [5.74, 6) is -2.02. The van der Waals surface area contributed by atoms with Gasteiger partial charge in [-0.05, 0) is 65.9 Å². The quantitative estimate of drug-likeness (QED) is 0.267. The van der Waals surface area contributed by atoms with E-state index in [1.165, 1.54) is 34.9 Å². The molecule has 1 aromatic heterocycles. The van der Waals surface area contributed by atoms with Gasteiger partial charge in [0.05, 0.1) is 22.6 Å². The van der Waals surface area contributed by atoms with Gasteiger partial charge in [-0.15, -0.1) is 0 Å². The number of hydrogen-bond acceptors (Lipinski definition) is 7. The topological polar surface area (TPSA) is 156 Å². The maximum Gasteiger partial charge on any atom is 0.296 e. The van der Waals surface area contributed by atoms with Crippen LogP contribution in [0.1, 0.15) is 66.5 Å². The van der Waals surface area contributed by atoms with Crippen LogP contribution in [0.4, 0.5) is 4.39 Å². The van der Waals surface area contributed by atoms with Gasteiger partial charge in [0, 0.05) is 12.0 Å². The summed E-state index contributed by atoms with van der Waals surface area (Å²) >= 11 is 0. The van der Waals surface area contributed by atoms with Gasteiger partial charge in [0.1, 0.15) is 11.6 Å². The zero-order chi connectivity index (χ0) is 30.6. The number of nitrogens with two attached hydrogens (primary N) is 1. The van der Waals surface area contributed by atoms with Gasteiger partial charge in [0.25, 0.3) is 5.56 Å². The number of aryl methyl sites for hydroxylation is 1. The molecular weight excluding hydrogens is 559 g/mol. The summed E-state index contributed by atoms with van der Waals surface area (Å²) in [4.78, 5) is 28.0. The molecule has 0 bridgehead atoms. The molecule has 42 heavy (non-hydrogen) atoms. The number of amides is 1. The van der Waals surface area contributed by atoms with E-state index in [0.717, 1.165) is 18.6 Å². The molecule has 0 saturated heterocycles. The maximum absolute atomic E-state index is 13.8. The lowest BCUT2D eigenvalue weighted by atomic mass is 9.99. The van der Waals surface area contributed by atoms with Crippen molar-refractivity contribution in [2.24, 2.45) is 5.73 Å². The van der Waals surface area contributed by atoms with Crippen LogP contribution in [-0.4, -0.2) is 29.0 Å². The lowest BCUT2D eigenvalue weighted by Crippen LogP contribution is -2.27. The molecule has 9 nitrogen and oxygen atoms in total. The molecule has 0 spiro atoms. The van der Waals surface area contributed by atoms with Gasteiger partial charge in [-0.3, -0.25) is 14.2 Å². The van der Waals surface area contributed by atoms with E-state index in [9.17, 15) is 32.8 Å². The second-order valence-corrected chi connectivity index (χ2v) is 11.6. The summed E-state index contributed by atoms with van der Waals surface area (Å²) in [7, 11) is -4.58.